The van der Waals surface area contributed by atoms with Gasteiger partial charge in [0, 0.05) is 12.6 Å². The van der Waals surface area contributed by atoms with Crippen molar-refractivity contribution in [2.75, 3.05) is 17.2 Å². The monoisotopic (exact) mass is 290 g/mol. The van der Waals surface area contributed by atoms with Crippen molar-refractivity contribution in [3.8, 4) is 0 Å². The maximum atomic E-state index is 11.0. The smallest absolute Gasteiger partial charge is 0.335 e. The van der Waals surface area contributed by atoms with Gasteiger partial charge in [-0.2, -0.15) is 0 Å². The lowest BCUT2D eigenvalue weighted by Crippen LogP contribution is -2.41. The molecule has 0 saturated heterocycles. The zero-order valence-corrected chi connectivity index (χ0v) is 13.2. The summed E-state index contributed by atoms with van der Waals surface area (Å²) in [7, 11) is 0. The molecule has 0 aliphatic heterocycles. The molecule has 1 aromatic rings. The Labute approximate surface area is 126 Å². The van der Waals surface area contributed by atoms with Crippen LogP contribution in [0.15, 0.2) is 18.2 Å². The first-order valence-electron chi connectivity index (χ1n) is 7.81. The predicted molar refractivity (Wildman–Crippen MR) is 86.8 cm³/mol. The van der Waals surface area contributed by atoms with Gasteiger partial charge in [-0.25, -0.2) is 4.79 Å². The van der Waals surface area contributed by atoms with Crippen LogP contribution in [0.3, 0.4) is 0 Å². The van der Waals surface area contributed by atoms with Crippen molar-refractivity contribution in [3.63, 3.8) is 0 Å². The number of hydrogen-bond donors (Lipinski definition) is 2. The Morgan fingerprint density at radius 3 is 2.38 bits per heavy atom. The lowest BCUT2D eigenvalue weighted by Gasteiger charge is -2.40. The minimum atomic E-state index is -0.934. The molecule has 0 bridgehead atoms. The minimum Gasteiger partial charge on any atom is -0.478 e. The van der Waals surface area contributed by atoms with E-state index in [0.29, 0.717) is 11.7 Å². The molecule has 3 N–H and O–H groups in total. The van der Waals surface area contributed by atoms with Gasteiger partial charge in [0.25, 0.3) is 0 Å². The fourth-order valence-electron chi connectivity index (χ4n) is 3.73. The predicted octanol–water partition coefficient (Wildman–Crippen LogP) is 3.62. The number of benzene rings is 1. The van der Waals surface area contributed by atoms with E-state index in [-0.39, 0.29) is 5.56 Å². The van der Waals surface area contributed by atoms with Crippen molar-refractivity contribution in [2.45, 2.75) is 46.1 Å². The summed E-state index contributed by atoms with van der Waals surface area (Å²) in [6.07, 6.45) is 3.65. The molecule has 1 aromatic carbocycles. The van der Waals surface area contributed by atoms with Gasteiger partial charge in [-0.3, -0.25) is 0 Å². The fourth-order valence-corrected chi connectivity index (χ4v) is 3.73. The first-order valence-corrected chi connectivity index (χ1v) is 7.81. The van der Waals surface area contributed by atoms with E-state index in [2.05, 4.69) is 25.7 Å². The number of carboxylic acids is 1. The maximum absolute atomic E-state index is 11.0. The Bertz CT molecular complexity index is 506. The number of anilines is 2. The average molecular weight is 290 g/mol. The third-order valence-corrected chi connectivity index (χ3v) is 4.52. The van der Waals surface area contributed by atoms with Gasteiger partial charge in [0.05, 0.1) is 16.9 Å². The number of rotatable bonds is 4. The number of aromatic carboxylic acids is 1. The molecule has 116 valence electrons. The van der Waals surface area contributed by atoms with Gasteiger partial charge >= 0.3 is 5.97 Å². The van der Waals surface area contributed by atoms with Crippen LogP contribution in [0.4, 0.5) is 11.4 Å². The van der Waals surface area contributed by atoms with Crippen molar-refractivity contribution in [1.82, 2.24) is 0 Å². The van der Waals surface area contributed by atoms with Crippen LogP contribution >= 0.6 is 0 Å². The summed E-state index contributed by atoms with van der Waals surface area (Å²) in [6.45, 7) is 7.65. The van der Waals surface area contributed by atoms with Crippen molar-refractivity contribution in [1.29, 1.82) is 0 Å². The summed E-state index contributed by atoms with van der Waals surface area (Å²) in [5.41, 5.74) is 7.88. The number of nitrogens with zero attached hydrogens (tertiary/aromatic N) is 1. The molecule has 2 atom stereocenters. The molecule has 0 amide bonds. The molecule has 0 spiro atoms. The van der Waals surface area contributed by atoms with Crippen LogP contribution in [-0.2, 0) is 0 Å². The van der Waals surface area contributed by atoms with Crippen molar-refractivity contribution in [3.05, 3.63) is 23.8 Å². The van der Waals surface area contributed by atoms with E-state index >= 15 is 0 Å². The molecule has 21 heavy (non-hydrogen) atoms. The molecule has 0 heterocycles. The molecule has 2 unspecified atom stereocenters. The zero-order valence-electron chi connectivity index (χ0n) is 13.2. The van der Waals surface area contributed by atoms with Gasteiger partial charge in [0.2, 0.25) is 0 Å². The summed E-state index contributed by atoms with van der Waals surface area (Å²) >= 11 is 0. The van der Waals surface area contributed by atoms with Crippen molar-refractivity contribution < 1.29 is 9.90 Å². The summed E-state index contributed by atoms with van der Waals surface area (Å²) < 4.78 is 0. The minimum absolute atomic E-state index is 0.248. The molecular formula is C17H26N2O2. The first kappa shape index (κ1) is 15.7. The highest BCUT2D eigenvalue weighted by atomic mass is 16.4. The zero-order chi connectivity index (χ0) is 15.6. The van der Waals surface area contributed by atoms with E-state index in [0.717, 1.165) is 24.1 Å². The van der Waals surface area contributed by atoms with E-state index in [4.69, 9.17) is 10.8 Å². The summed E-state index contributed by atoms with van der Waals surface area (Å²) in [5.74, 6) is 0.524. The van der Waals surface area contributed by atoms with Crippen LogP contribution in [0.1, 0.15) is 50.4 Å². The Morgan fingerprint density at radius 1 is 1.29 bits per heavy atom. The number of nitrogens with two attached hydrogens (primary N) is 1. The van der Waals surface area contributed by atoms with Gasteiger partial charge in [-0.15, -0.1) is 0 Å². The maximum Gasteiger partial charge on any atom is 0.335 e. The number of nitrogen functional groups attached to an aromatic ring is 1. The van der Waals surface area contributed by atoms with Crippen LogP contribution in [0.25, 0.3) is 0 Å². The molecule has 2 rings (SSSR count). The van der Waals surface area contributed by atoms with Gasteiger partial charge in [-0.05, 0) is 56.2 Å². The van der Waals surface area contributed by atoms with Gasteiger partial charge in [0.15, 0.2) is 0 Å². The highest BCUT2D eigenvalue weighted by Crippen LogP contribution is 2.35. The van der Waals surface area contributed by atoms with Gasteiger partial charge in [0.1, 0.15) is 0 Å². The Morgan fingerprint density at radius 2 is 1.90 bits per heavy atom. The SMILES string of the molecule is CCN(c1ccc(C(=O)O)cc1N)C1CC(C)CC(C)C1. The summed E-state index contributed by atoms with van der Waals surface area (Å²) in [6, 6.07) is 5.56. The highest BCUT2D eigenvalue weighted by molar-refractivity contribution is 5.90. The summed E-state index contributed by atoms with van der Waals surface area (Å²) in [4.78, 5) is 13.4. The average Bonchev–Trinajstić information content (AvgIpc) is 2.40. The van der Waals surface area contributed by atoms with Gasteiger partial charge < -0.3 is 15.7 Å². The molecule has 4 heteroatoms. The van der Waals surface area contributed by atoms with Crippen molar-refractivity contribution >= 4 is 17.3 Å². The molecule has 1 saturated carbocycles. The van der Waals surface area contributed by atoms with Gasteiger partial charge in [-0.1, -0.05) is 13.8 Å². The van der Waals surface area contributed by atoms with Crippen LogP contribution in [0, 0.1) is 11.8 Å². The standard InChI is InChI=1S/C17H26N2O2/c1-4-19(14-8-11(2)7-12(3)9-14)16-6-5-13(17(20)21)10-15(16)18/h5-6,10-12,14H,4,7-9,18H2,1-3H3,(H,20,21). The van der Waals surface area contributed by atoms with E-state index in [1.807, 2.05) is 6.07 Å². The number of hydrogen-bond acceptors (Lipinski definition) is 3. The van der Waals surface area contributed by atoms with E-state index in [1.54, 1.807) is 12.1 Å². The molecule has 1 aliphatic rings. The molecule has 4 nitrogen and oxygen atoms in total. The van der Waals surface area contributed by atoms with Crippen molar-refractivity contribution in [2.24, 2.45) is 11.8 Å². The third-order valence-electron chi connectivity index (χ3n) is 4.52. The molecule has 0 aromatic heterocycles. The van der Waals surface area contributed by atoms with Crippen LogP contribution in [0.5, 0.6) is 0 Å². The molecule has 0 radical (unpaired) electrons. The Balaban J connectivity index is 2.26. The van der Waals surface area contributed by atoms with E-state index < -0.39 is 5.97 Å². The first-order chi connectivity index (χ1) is 9.92. The lowest BCUT2D eigenvalue weighted by molar-refractivity contribution is 0.0697. The Kier molecular flexibility index (Phi) is 4.76. The second-order valence-corrected chi connectivity index (χ2v) is 6.44. The second-order valence-electron chi connectivity index (χ2n) is 6.44. The lowest BCUT2D eigenvalue weighted by atomic mass is 9.79. The largest absolute Gasteiger partial charge is 0.478 e. The third kappa shape index (κ3) is 3.49. The Hall–Kier alpha value is -1.71. The normalized spacial score (nSPS) is 25.6. The van der Waals surface area contributed by atoms with Crippen LogP contribution in [-0.4, -0.2) is 23.7 Å². The fraction of sp³-hybridized carbons (Fsp3) is 0.588. The highest BCUT2D eigenvalue weighted by Gasteiger charge is 2.28. The topological polar surface area (TPSA) is 66.6 Å². The van der Waals surface area contributed by atoms with Crippen LogP contribution in [0.2, 0.25) is 0 Å². The molecule has 1 fully saturated rings. The molecule has 1 aliphatic carbocycles. The van der Waals surface area contributed by atoms with E-state index in [9.17, 15) is 4.79 Å². The number of carbonyl (C=O) groups is 1. The summed E-state index contributed by atoms with van der Waals surface area (Å²) in [5, 5.41) is 9.04. The second kappa shape index (κ2) is 6.37. The molecular weight excluding hydrogens is 264 g/mol. The van der Waals surface area contributed by atoms with E-state index in [1.165, 1.54) is 19.3 Å². The quantitative estimate of drug-likeness (QED) is 0.831. The number of carboxylic acid groups (broad SMARTS) is 1. The van der Waals surface area contributed by atoms with Crippen LogP contribution < -0.4 is 10.6 Å².